The largest absolute Gasteiger partial charge is 0.486 e. The summed E-state index contributed by atoms with van der Waals surface area (Å²) in [7, 11) is 0. The first-order valence-corrected chi connectivity index (χ1v) is 9.43. The molecule has 4 heterocycles. The van der Waals surface area contributed by atoms with Gasteiger partial charge in [0.25, 0.3) is 0 Å². The first-order valence-electron chi connectivity index (χ1n) is 8.55. The number of thiazole rings is 1. The molecule has 26 heavy (non-hydrogen) atoms. The molecule has 3 aromatic heterocycles. The van der Waals surface area contributed by atoms with Crippen LogP contribution in [-0.2, 0) is 16.0 Å². The van der Waals surface area contributed by atoms with Crippen LogP contribution in [0.1, 0.15) is 17.8 Å². The number of ether oxygens (including phenoxy) is 2. The molecule has 1 aliphatic heterocycles. The lowest BCUT2D eigenvalue weighted by Crippen LogP contribution is -2.52. The van der Waals surface area contributed by atoms with Crippen LogP contribution in [0.15, 0.2) is 36.1 Å². The Labute approximate surface area is 155 Å². The molecule has 7 nitrogen and oxygen atoms in total. The fraction of sp³-hybridized carbons (Fsp3) is 0.389. The molecule has 0 unspecified atom stereocenters. The van der Waals surface area contributed by atoms with Crippen molar-refractivity contribution in [3.8, 4) is 5.75 Å². The molecular weight excluding hydrogens is 352 g/mol. The second kappa shape index (κ2) is 7.43. The van der Waals surface area contributed by atoms with E-state index in [1.807, 2.05) is 41.2 Å². The van der Waals surface area contributed by atoms with Gasteiger partial charge < -0.3 is 14.8 Å². The number of carbonyl (C=O) groups excluding carboxylic acids is 1. The van der Waals surface area contributed by atoms with Gasteiger partial charge in [0.15, 0.2) is 4.96 Å². The molecule has 1 amide bonds. The van der Waals surface area contributed by atoms with Crippen LogP contribution in [0.4, 0.5) is 0 Å². The van der Waals surface area contributed by atoms with Crippen molar-refractivity contribution >= 4 is 22.2 Å². The number of aromatic nitrogens is 3. The number of aryl methyl sites for hydroxylation is 1. The fourth-order valence-electron chi connectivity index (χ4n) is 2.98. The predicted molar refractivity (Wildman–Crippen MR) is 97.5 cm³/mol. The number of amides is 1. The smallest absolute Gasteiger partial charge is 0.226 e. The number of nitrogens with zero attached hydrogens (tertiary/aromatic N) is 3. The van der Waals surface area contributed by atoms with E-state index in [2.05, 4.69) is 15.3 Å². The summed E-state index contributed by atoms with van der Waals surface area (Å²) in [6.07, 6.45) is 6.35. The summed E-state index contributed by atoms with van der Waals surface area (Å²) in [6, 6.07) is 3.61. The lowest BCUT2D eigenvalue weighted by atomic mass is 10.1. The van der Waals surface area contributed by atoms with Crippen molar-refractivity contribution in [2.45, 2.75) is 31.9 Å². The molecule has 136 valence electrons. The Kier molecular flexibility index (Phi) is 4.85. The van der Waals surface area contributed by atoms with Crippen LogP contribution >= 0.6 is 11.3 Å². The number of rotatable bonds is 5. The maximum Gasteiger partial charge on any atom is 0.226 e. The van der Waals surface area contributed by atoms with Crippen LogP contribution in [0, 0.1) is 6.92 Å². The minimum atomic E-state index is -0.193. The summed E-state index contributed by atoms with van der Waals surface area (Å²) in [5.74, 6) is 0.623. The molecule has 1 N–H and O–H groups in total. The van der Waals surface area contributed by atoms with Gasteiger partial charge in [0.2, 0.25) is 5.91 Å². The highest BCUT2D eigenvalue weighted by Gasteiger charge is 2.29. The number of hydrogen-bond donors (Lipinski definition) is 1. The van der Waals surface area contributed by atoms with E-state index in [9.17, 15) is 4.79 Å². The molecule has 1 aliphatic rings. The van der Waals surface area contributed by atoms with Crippen LogP contribution in [0.2, 0.25) is 0 Å². The molecule has 8 heteroatoms. The zero-order valence-corrected chi connectivity index (χ0v) is 15.2. The van der Waals surface area contributed by atoms with E-state index in [0.717, 1.165) is 22.8 Å². The van der Waals surface area contributed by atoms with Crippen LogP contribution in [0.25, 0.3) is 4.96 Å². The minimum absolute atomic E-state index is 0.0816. The Morgan fingerprint density at radius 1 is 1.50 bits per heavy atom. The van der Waals surface area contributed by atoms with Gasteiger partial charge in [-0.25, -0.2) is 4.98 Å². The molecule has 2 atom stereocenters. The maximum atomic E-state index is 12.4. The van der Waals surface area contributed by atoms with Gasteiger partial charge >= 0.3 is 0 Å². The van der Waals surface area contributed by atoms with Gasteiger partial charge in [-0.3, -0.25) is 14.2 Å². The van der Waals surface area contributed by atoms with Crippen molar-refractivity contribution in [1.29, 1.82) is 0 Å². The zero-order valence-electron chi connectivity index (χ0n) is 14.4. The van der Waals surface area contributed by atoms with Crippen molar-refractivity contribution in [2.24, 2.45) is 0 Å². The topological polar surface area (TPSA) is 77.8 Å². The Bertz CT molecular complexity index is 861. The maximum absolute atomic E-state index is 12.4. The fourth-order valence-corrected chi connectivity index (χ4v) is 3.70. The van der Waals surface area contributed by atoms with E-state index in [-0.39, 0.29) is 24.5 Å². The third-order valence-corrected chi connectivity index (χ3v) is 5.07. The van der Waals surface area contributed by atoms with Gasteiger partial charge in [0.1, 0.15) is 11.9 Å². The monoisotopic (exact) mass is 372 g/mol. The van der Waals surface area contributed by atoms with Crippen molar-refractivity contribution in [3.05, 3.63) is 47.5 Å². The van der Waals surface area contributed by atoms with Gasteiger partial charge in [-0.1, -0.05) is 0 Å². The second-order valence-electron chi connectivity index (χ2n) is 6.33. The van der Waals surface area contributed by atoms with Crippen molar-refractivity contribution in [3.63, 3.8) is 0 Å². The Balaban J connectivity index is 1.38. The molecule has 0 radical (unpaired) electrons. The Hall–Kier alpha value is -2.45. The van der Waals surface area contributed by atoms with E-state index in [4.69, 9.17) is 9.47 Å². The Morgan fingerprint density at radius 2 is 2.42 bits per heavy atom. The SMILES string of the molecule is Cc1ccc(O[C@@H]2CCOC[C@@H]2NC(=O)Cc2cn3ccsc3n2)cn1. The van der Waals surface area contributed by atoms with Gasteiger partial charge in [-0.2, -0.15) is 0 Å². The Morgan fingerprint density at radius 3 is 3.23 bits per heavy atom. The number of carbonyl (C=O) groups is 1. The molecule has 1 saturated heterocycles. The van der Waals surface area contributed by atoms with E-state index in [1.165, 1.54) is 0 Å². The number of hydrogen-bond acceptors (Lipinski definition) is 6. The molecule has 0 bridgehead atoms. The summed E-state index contributed by atoms with van der Waals surface area (Å²) in [5, 5.41) is 5.00. The number of pyridine rings is 1. The lowest BCUT2D eigenvalue weighted by Gasteiger charge is -2.32. The summed E-state index contributed by atoms with van der Waals surface area (Å²) in [6.45, 7) is 2.99. The minimum Gasteiger partial charge on any atom is -0.486 e. The van der Waals surface area contributed by atoms with Gasteiger partial charge in [0.05, 0.1) is 37.6 Å². The molecule has 4 rings (SSSR count). The summed E-state index contributed by atoms with van der Waals surface area (Å²) >= 11 is 1.55. The summed E-state index contributed by atoms with van der Waals surface area (Å²) in [4.78, 5) is 22.0. The molecule has 3 aromatic rings. The average Bonchev–Trinajstić information content (AvgIpc) is 3.20. The highest BCUT2D eigenvalue weighted by Crippen LogP contribution is 2.18. The average molecular weight is 372 g/mol. The van der Waals surface area contributed by atoms with Gasteiger partial charge in [0, 0.05) is 29.9 Å². The molecular formula is C18H20N4O3S. The second-order valence-corrected chi connectivity index (χ2v) is 7.20. The van der Waals surface area contributed by atoms with Crippen LogP contribution in [-0.4, -0.2) is 45.6 Å². The number of nitrogens with one attached hydrogen (secondary N) is 1. The van der Waals surface area contributed by atoms with Crippen LogP contribution in [0.5, 0.6) is 5.75 Å². The van der Waals surface area contributed by atoms with Crippen molar-refractivity contribution < 1.29 is 14.3 Å². The van der Waals surface area contributed by atoms with E-state index in [1.54, 1.807) is 17.5 Å². The van der Waals surface area contributed by atoms with Crippen LogP contribution in [0.3, 0.4) is 0 Å². The van der Waals surface area contributed by atoms with Crippen molar-refractivity contribution in [2.75, 3.05) is 13.2 Å². The van der Waals surface area contributed by atoms with E-state index in [0.29, 0.717) is 19.0 Å². The summed E-state index contributed by atoms with van der Waals surface area (Å²) < 4.78 is 13.5. The molecule has 0 aromatic carbocycles. The molecule has 0 spiro atoms. The molecule has 0 aliphatic carbocycles. The quantitative estimate of drug-likeness (QED) is 0.741. The van der Waals surface area contributed by atoms with E-state index >= 15 is 0 Å². The summed E-state index contributed by atoms with van der Waals surface area (Å²) in [5.41, 5.74) is 1.69. The van der Waals surface area contributed by atoms with Gasteiger partial charge in [-0.05, 0) is 19.1 Å². The van der Waals surface area contributed by atoms with E-state index < -0.39 is 0 Å². The third-order valence-electron chi connectivity index (χ3n) is 4.30. The number of fused-ring (bicyclic) bond motifs is 1. The van der Waals surface area contributed by atoms with Crippen molar-refractivity contribution in [1.82, 2.24) is 19.7 Å². The predicted octanol–water partition coefficient (Wildman–Crippen LogP) is 1.99. The lowest BCUT2D eigenvalue weighted by molar-refractivity contribution is -0.123. The standard InChI is InChI=1S/C18H20N4O3S/c1-12-2-3-14(9-19-12)25-16-4-6-24-11-15(16)21-17(23)8-13-10-22-5-7-26-18(22)20-13/h2-3,5,7,9-10,15-16H,4,6,8,11H2,1H3,(H,21,23)/t15-,16+/m0/s1. The normalized spacial score (nSPS) is 20.2. The number of imidazole rings is 1. The zero-order chi connectivity index (χ0) is 17.9. The first-order chi connectivity index (χ1) is 12.7. The molecule has 1 fully saturated rings. The van der Waals surface area contributed by atoms with Gasteiger partial charge in [-0.15, -0.1) is 11.3 Å². The molecule has 0 saturated carbocycles. The highest BCUT2D eigenvalue weighted by molar-refractivity contribution is 7.15. The van der Waals surface area contributed by atoms with Crippen LogP contribution < -0.4 is 10.1 Å². The first kappa shape index (κ1) is 17.0. The third kappa shape index (κ3) is 3.86. The highest BCUT2D eigenvalue weighted by atomic mass is 32.1.